The Morgan fingerprint density at radius 3 is 3.05 bits per heavy atom. The van der Waals surface area contributed by atoms with E-state index in [0.29, 0.717) is 0 Å². The zero-order valence-corrected chi connectivity index (χ0v) is 11.2. The fourth-order valence-corrected chi connectivity index (χ4v) is 3.77. The molecular weight excluding hydrogens is 256 g/mol. The zero-order valence-electron chi connectivity index (χ0n) is 10.4. The van der Waals surface area contributed by atoms with E-state index in [1.54, 1.807) is 11.3 Å². The molecule has 0 aliphatic heterocycles. The molecule has 0 saturated carbocycles. The van der Waals surface area contributed by atoms with Crippen molar-refractivity contribution in [3.05, 3.63) is 40.9 Å². The van der Waals surface area contributed by atoms with Gasteiger partial charge >= 0.3 is 0 Å². The number of benzene rings is 1. The second kappa shape index (κ2) is 4.18. The van der Waals surface area contributed by atoms with Gasteiger partial charge in [0.25, 0.3) is 0 Å². The van der Waals surface area contributed by atoms with E-state index in [1.165, 1.54) is 4.88 Å². The fourth-order valence-electron chi connectivity index (χ4n) is 2.64. The maximum absolute atomic E-state index is 6.13. The smallest absolute Gasteiger partial charge is 0.164 e. The molecule has 1 aliphatic rings. The summed E-state index contributed by atoms with van der Waals surface area (Å²) < 4.78 is 5.87. The Morgan fingerprint density at radius 1 is 1.32 bits per heavy atom. The average molecular weight is 270 g/mol. The predicted octanol–water partition coefficient (Wildman–Crippen LogP) is 3.89. The highest BCUT2D eigenvalue weighted by Crippen LogP contribution is 2.37. The number of nitrogens with two attached hydrogens (primary N) is 1. The molecule has 4 rings (SSSR count). The number of rotatable bonds is 1. The van der Waals surface area contributed by atoms with Crippen LogP contribution in [0.3, 0.4) is 0 Å². The summed E-state index contributed by atoms with van der Waals surface area (Å²) in [4.78, 5) is 6.03. The van der Waals surface area contributed by atoms with Gasteiger partial charge in [-0.1, -0.05) is 18.2 Å². The molecule has 0 amide bonds. The molecule has 2 aromatic heterocycles. The van der Waals surface area contributed by atoms with Crippen LogP contribution in [0.25, 0.3) is 21.7 Å². The maximum atomic E-state index is 6.13. The largest absolute Gasteiger partial charge is 0.454 e. The lowest BCUT2D eigenvalue weighted by Crippen LogP contribution is -2.16. The third-order valence-corrected chi connectivity index (χ3v) is 4.78. The van der Waals surface area contributed by atoms with Gasteiger partial charge in [0.1, 0.15) is 5.58 Å². The lowest BCUT2D eigenvalue weighted by atomic mass is 9.99. The number of para-hydroxylation sites is 1. The third kappa shape index (κ3) is 1.79. The van der Waals surface area contributed by atoms with Gasteiger partial charge in [0, 0.05) is 16.3 Å². The van der Waals surface area contributed by atoms with E-state index in [2.05, 4.69) is 12.1 Å². The molecule has 96 valence electrons. The van der Waals surface area contributed by atoms with Crippen LogP contribution in [-0.4, -0.2) is 4.98 Å². The normalized spacial score (nSPS) is 18.7. The summed E-state index contributed by atoms with van der Waals surface area (Å²) in [7, 11) is 0. The van der Waals surface area contributed by atoms with Crippen LogP contribution >= 0.6 is 11.3 Å². The quantitative estimate of drug-likeness (QED) is 0.729. The number of aromatic nitrogens is 1. The van der Waals surface area contributed by atoms with Gasteiger partial charge in [-0.3, -0.25) is 0 Å². The van der Waals surface area contributed by atoms with Crippen molar-refractivity contribution in [1.82, 2.24) is 4.98 Å². The van der Waals surface area contributed by atoms with Crippen molar-refractivity contribution in [2.75, 3.05) is 0 Å². The van der Waals surface area contributed by atoms with E-state index < -0.39 is 0 Å². The maximum Gasteiger partial charge on any atom is 0.164 e. The number of fused-ring (bicyclic) bond motifs is 2. The first-order valence-corrected chi connectivity index (χ1v) is 7.37. The molecule has 4 heteroatoms. The number of hydrogen-bond donors (Lipinski definition) is 1. The molecule has 3 nitrogen and oxygen atoms in total. The highest BCUT2D eigenvalue weighted by Gasteiger charge is 2.23. The van der Waals surface area contributed by atoms with Gasteiger partial charge in [0.2, 0.25) is 0 Å². The first-order chi connectivity index (χ1) is 9.31. The van der Waals surface area contributed by atoms with Crippen LogP contribution in [-0.2, 0) is 6.42 Å². The number of nitrogens with zero attached hydrogens (tertiary/aromatic N) is 1. The van der Waals surface area contributed by atoms with Crippen molar-refractivity contribution >= 4 is 22.3 Å². The number of furan rings is 1. The summed E-state index contributed by atoms with van der Waals surface area (Å²) >= 11 is 1.72. The van der Waals surface area contributed by atoms with Gasteiger partial charge in [-0.05, 0) is 31.4 Å². The van der Waals surface area contributed by atoms with Crippen molar-refractivity contribution in [1.29, 1.82) is 0 Å². The molecule has 0 radical (unpaired) electrons. The number of hydrogen-bond acceptors (Lipinski definition) is 4. The minimum Gasteiger partial charge on any atom is -0.454 e. The van der Waals surface area contributed by atoms with Crippen molar-refractivity contribution in [2.45, 2.75) is 25.3 Å². The first kappa shape index (κ1) is 11.2. The Hall–Kier alpha value is -1.65. The van der Waals surface area contributed by atoms with Crippen LogP contribution in [0.4, 0.5) is 0 Å². The van der Waals surface area contributed by atoms with Crippen LogP contribution in [0.15, 0.2) is 34.7 Å². The highest BCUT2D eigenvalue weighted by atomic mass is 32.1. The zero-order chi connectivity index (χ0) is 12.8. The number of aryl methyl sites for hydroxylation is 1. The predicted molar refractivity (Wildman–Crippen MR) is 77.2 cm³/mol. The first-order valence-electron chi connectivity index (χ1n) is 6.55. The minimum atomic E-state index is 0.0955. The van der Waals surface area contributed by atoms with Crippen LogP contribution < -0.4 is 5.73 Å². The van der Waals surface area contributed by atoms with Crippen molar-refractivity contribution in [2.24, 2.45) is 5.73 Å². The van der Waals surface area contributed by atoms with Gasteiger partial charge in [-0.15, -0.1) is 11.3 Å². The molecule has 2 N–H and O–H groups in total. The second-order valence-corrected chi connectivity index (χ2v) is 6.06. The van der Waals surface area contributed by atoms with E-state index in [1.807, 2.05) is 18.2 Å². The Kier molecular flexibility index (Phi) is 2.47. The van der Waals surface area contributed by atoms with Crippen molar-refractivity contribution < 1.29 is 4.42 Å². The molecule has 0 saturated heterocycles. The molecule has 1 unspecified atom stereocenters. The van der Waals surface area contributed by atoms with Gasteiger partial charge in [-0.25, -0.2) is 4.98 Å². The summed E-state index contributed by atoms with van der Waals surface area (Å²) in [5.74, 6) is 0.854. The Morgan fingerprint density at radius 2 is 2.21 bits per heavy atom. The summed E-state index contributed by atoms with van der Waals surface area (Å²) in [6.07, 6.45) is 3.30. The van der Waals surface area contributed by atoms with Crippen LogP contribution in [0.2, 0.25) is 0 Å². The SMILES string of the molecule is NC1CCCc2sc(-c3cc4ccccc4o3)nc21. The monoisotopic (exact) mass is 270 g/mol. The van der Waals surface area contributed by atoms with Crippen LogP contribution in [0.1, 0.15) is 29.5 Å². The third-order valence-electron chi connectivity index (χ3n) is 3.63. The molecule has 0 bridgehead atoms. The molecule has 0 spiro atoms. The van der Waals surface area contributed by atoms with Gasteiger partial charge in [0.05, 0.1) is 5.69 Å². The molecular formula is C15H14N2OS. The Labute approximate surface area is 115 Å². The van der Waals surface area contributed by atoms with Crippen molar-refractivity contribution in [3.8, 4) is 10.8 Å². The van der Waals surface area contributed by atoms with E-state index in [0.717, 1.165) is 46.7 Å². The molecule has 2 heterocycles. The van der Waals surface area contributed by atoms with E-state index in [4.69, 9.17) is 15.1 Å². The van der Waals surface area contributed by atoms with Gasteiger partial charge in [0.15, 0.2) is 10.8 Å². The fraction of sp³-hybridized carbons (Fsp3) is 0.267. The molecule has 19 heavy (non-hydrogen) atoms. The lowest BCUT2D eigenvalue weighted by Gasteiger charge is -2.15. The minimum absolute atomic E-state index is 0.0955. The average Bonchev–Trinajstić information content (AvgIpc) is 3.02. The lowest BCUT2D eigenvalue weighted by molar-refractivity contribution is 0.563. The summed E-state index contributed by atoms with van der Waals surface area (Å²) in [5, 5.41) is 2.08. The molecule has 0 fully saturated rings. The topological polar surface area (TPSA) is 52.0 Å². The highest BCUT2D eigenvalue weighted by molar-refractivity contribution is 7.15. The standard InChI is InChI=1S/C15H14N2OS/c16-10-5-3-7-13-14(10)17-15(19-13)12-8-9-4-1-2-6-11(9)18-12/h1-2,4,6,8,10H,3,5,7,16H2. The molecule has 1 aliphatic carbocycles. The van der Waals surface area contributed by atoms with Gasteiger partial charge < -0.3 is 10.2 Å². The van der Waals surface area contributed by atoms with Crippen LogP contribution in [0, 0.1) is 0 Å². The molecule has 1 aromatic carbocycles. The Balaban J connectivity index is 1.83. The second-order valence-electron chi connectivity index (χ2n) is 4.97. The number of thiazole rings is 1. The van der Waals surface area contributed by atoms with E-state index >= 15 is 0 Å². The molecule has 3 aromatic rings. The van der Waals surface area contributed by atoms with E-state index in [-0.39, 0.29) is 6.04 Å². The van der Waals surface area contributed by atoms with Crippen molar-refractivity contribution in [3.63, 3.8) is 0 Å². The Bertz CT molecular complexity index is 711. The van der Waals surface area contributed by atoms with Gasteiger partial charge in [-0.2, -0.15) is 0 Å². The van der Waals surface area contributed by atoms with Crippen LogP contribution in [0.5, 0.6) is 0 Å². The summed E-state index contributed by atoms with van der Waals surface area (Å²) in [6, 6.07) is 10.2. The molecule has 1 atom stereocenters. The summed E-state index contributed by atoms with van der Waals surface area (Å²) in [6.45, 7) is 0. The van der Waals surface area contributed by atoms with E-state index in [9.17, 15) is 0 Å². The summed E-state index contributed by atoms with van der Waals surface area (Å²) in [5.41, 5.74) is 8.11.